The largest absolute Gasteiger partial charge is 0.298 e. The van der Waals surface area contributed by atoms with Crippen LogP contribution in [0.3, 0.4) is 0 Å². The molecular formula is C26H50N4. The Morgan fingerprint density at radius 3 is 1.53 bits per heavy atom. The Morgan fingerprint density at radius 1 is 0.633 bits per heavy atom. The van der Waals surface area contributed by atoms with Crippen molar-refractivity contribution >= 4 is 0 Å². The first kappa shape index (κ1) is 23.0. The summed E-state index contributed by atoms with van der Waals surface area (Å²) < 4.78 is 0. The van der Waals surface area contributed by atoms with E-state index in [1.54, 1.807) is 0 Å². The summed E-state index contributed by atoms with van der Waals surface area (Å²) in [7, 11) is 0. The minimum absolute atomic E-state index is 0.255. The molecule has 0 aliphatic carbocycles. The maximum Gasteiger partial charge on any atom is 0.0232 e. The number of hydrogen-bond acceptors (Lipinski definition) is 4. The Hall–Kier alpha value is -0.160. The molecule has 4 heteroatoms. The van der Waals surface area contributed by atoms with Crippen LogP contribution in [-0.4, -0.2) is 92.6 Å². The smallest absolute Gasteiger partial charge is 0.0232 e. The van der Waals surface area contributed by atoms with E-state index in [0.717, 1.165) is 24.2 Å². The predicted molar refractivity (Wildman–Crippen MR) is 128 cm³/mol. The molecule has 5 aliphatic rings. The van der Waals surface area contributed by atoms with Crippen molar-refractivity contribution in [3.63, 3.8) is 0 Å². The van der Waals surface area contributed by atoms with Crippen molar-refractivity contribution < 1.29 is 0 Å². The zero-order valence-electron chi connectivity index (χ0n) is 21.5. The second-order valence-corrected chi connectivity index (χ2v) is 13.5. The number of likely N-dealkylation sites (tertiary alicyclic amines) is 1. The normalized spacial score (nSPS) is 35.0. The summed E-state index contributed by atoms with van der Waals surface area (Å²) in [5, 5.41) is 0. The first-order chi connectivity index (χ1) is 13.8. The third-order valence-corrected chi connectivity index (χ3v) is 8.97. The van der Waals surface area contributed by atoms with Crippen LogP contribution in [-0.2, 0) is 0 Å². The molecule has 0 saturated carbocycles. The molecule has 0 aromatic carbocycles. The average molecular weight is 419 g/mol. The molecule has 4 bridgehead atoms. The molecule has 30 heavy (non-hydrogen) atoms. The van der Waals surface area contributed by atoms with Crippen LogP contribution < -0.4 is 0 Å². The van der Waals surface area contributed by atoms with E-state index in [0.29, 0.717) is 11.6 Å². The van der Waals surface area contributed by atoms with Gasteiger partial charge in [-0.15, -0.1) is 0 Å². The van der Waals surface area contributed by atoms with E-state index in [4.69, 9.17) is 0 Å². The van der Waals surface area contributed by atoms with Crippen LogP contribution in [0.1, 0.15) is 94.4 Å². The molecule has 4 atom stereocenters. The van der Waals surface area contributed by atoms with Crippen molar-refractivity contribution in [2.45, 2.75) is 141 Å². The van der Waals surface area contributed by atoms with E-state index in [1.165, 1.54) is 58.3 Å². The Bertz CT molecular complexity index is 605. The van der Waals surface area contributed by atoms with Crippen molar-refractivity contribution in [3.05, 3.63) is 0 Å². The SMILES string of the molecule is CC(C)N1CC2CCC(C1)N2C(C)(C)CC(C)(C)N1CC2CCC1CN2C(C)(C)C. The number of piperidine rings is 2. The lowest BCUT2D eigenvalue weighted by atomic mass is 9.78. The monoisotopic (exact) mass is 418 g/mol. The van der Waals surface area contributed by atoms with Gasteiger partial charge in [0.25, 0.3) is 0 Å². The van der Waals surface area contributed by atoms with E-state index >= 15 is 0 Å². The first-order valence-corrected chi connectivity index (χ1v) is 12.9. The second-order valence-electron chi connectivity index (χ2n) is 13.5. The van der Waals surface area contributed by atoms with Gasteiger partial charge >= 0.3 is 0 Å². The quantitative estimate of drug-likeness (QED) is 0.654. The van der Waals surface area contributed by atoms with Gasteiger partial charge in [0.15, 0.2) is 0 Å². The fourth-order valence-electron chi connectivity index (χ4n) is 7.99. The maximum absolute atomic E-state index is 2.96. The highest BCUT2D eigenvalue weighted by Gasteiger charge is 2.52. The van der Waals surface area contributed by atoms with Gasteiger partial charge < -0.3 is 0 Å². The van der Waals surface area contributed by atoms with Crippen molar-refractivity contribution in [2.24, 2.45) is 0 Å². The van der Waals surface area contributed by atoms with E-state index in [1.807, 2.05) is 0 Å². The Labute approximate surface area is 187 Å². The standard InChI is InChI=1S/C26H50N4/c1-19(2)27-14-22-12-13-23(15-27)30(22)26(8,9)18-25(6,7)29-17-20-10-11-21(29)16-28(20)24(3,4)5/h19-23H,10-18H2,1-9H3. The lowest BCUT2D eigenvalue weighted by molar-refractivity contribution is -0.115. The van der Waals surface area contributed by atoms with Gasteiger partial charge in [-0.25, -0.2) is 0 Å². The highest BCUT2D eigenvalue weighted by Crippen LogP contribution is 2.44. The summed E-state index contributed by atoms with van der Waals surface area (Å²) in [4.78, 5) is 11.4. The van der Waals surface area contributed by atoms with Crippen LogP contribution in [0.4, 0.5) is 0 Å². The molecule has 5 saturated heterocycles. The molecule has 0 aromatic heterocycles. The van der Waals surface area contributed by atoms with E-state index in [2.05, 4.69) is 81.9 Å². The van der Waals surface area contributed by atoms with E-state index < -0.39 is 0 Å². The van der Waals surface area contributed by atoms with Crippen LogP contribution in [0.2, 0.25) is 0 Å². The molecule has 174 valence electrons. The second kappa shape index (κ2) is 7.71. The van der Waals surface area contributed by atoms with Gasteiger partial charge in [-0.05, 0) is 94.4 Å². The number of piperazine rings is 2. The van der Waals surface area contributed by atoms with Crippen LogP contribution in [0.5, 0.6) is 0 Å². The summed E-state index contributed by atoms with van der Waals surface area (Å²) in [6, 6.07) is 3.67. The van der Waals surface area contributed by atoms with Gasteiger partial charge in [0.05, 0.1) is 0 Å². The molecule has 0 spiro atoms. The number of rotatable bonds is 5. The Kier molecular flexibility index (Phi) is 5.92. The first-order valence-electron chi connectivity index (χ1n) is 12.9. The van der Waals surface area contributed by atoms with Gasteiger partial charge in [0.1, 0.15) is 0 Å². The topological polar surface area (TPSA) is 13.0 Å². The molecule has 0 amide bonds. The van der Waals surface area contributed by atoms with Crippen molar-refractivity contribution in [3.8, 4) is 0 Å². The number of hydrogen-bond donors (Lipinski definition) is 0. The van der Waals surface area contributed by atoms with Gasteiger partial charge in [-0.1, -0.05) is 0 Å². The third-order valence-electron chi connectivity index (χ3n) is 8.97. The summed E-state index contributed by atoms with van der Waals surface area (Å²) in [5.74, 6) is 0. The Balaban J connectivity index is 1.46. The molecule has 0 N–H and O–H groups in total. The summed E-state index contributed by atoms with van der Waals surface area (Å²) in [6.07, 6.45) is 6.84. The summed E-state index contributed by atoms with van der Waals surface area (Å²) >= 11 is 0. The van der Waals surface area contributed by atoms with Gasteiger partial charge in [-0.3, -0.25) is 19.6 Å². The van der Waals surface area contributed by atoms with Crippen LogP contribution in [0.15, 0.2) is 0 Å². The molecule has 5 aliphatic heterocycles. The lowest BCUT2D eigenvalue weighted by Gasteiger charge is -2.61. The van der Waals surface area contributed by atoms with Crippen molar-refractivity contribution in [1.29, 1.82) is 0 Å². The molecule has 5 fully saturated rings. The van der Waals surface area contributed by atoms with Gasteiger partial charge in [-0.2, -0.15) is 0 Å². The van der Waals surface area contributed by atoms with Crippen LogP contribution >= 0.6 is 0 Å². The highest BCUT2D eigenvalue weighted by molar-refractivity contribution is 5.08. The zero-order valence-corrected chi connectivity index (χ0v) is 21.5. The molecule has 5 heterocycles. The zero-order chi connectivity index (χ0) is 22.1. The lowest BCUT2D eigenvalue weighted by Crippen LogP contribution is -2.71. The average Bonchev–Trinajstić information content (AvgIpc) is 2.92. The molecule has 0 aromatic rings. The molecule has 0 radical (unpaired) electrons. The van der Waals surface area contributed by atoms with Gasteiger partial charge in [0.2, 0.25) is 0 Å². The Morgan fingerprint density at radius 2 is 1.10 bits per heavy atom. The maximum atomic E-state index is 2.96. The number of nitrogens with zero attached hydrogens (tertiary/aromatic N) is 4. The highest BCUT2D eigenvalue weighted by atomic mass is 15.4. The molecule has 4 nitrogen and oxygen atoms in total. The third kappa shape index (κ3) is 4.11. The molecular weight excluding hydrogens is 368 g/mol. The van der Waals surface area contributed by atoms with E-state index in [-0.39, 0.29) is 11.1 Å². The fraction of sp³-hybridized carbons (Fsp3) is 1.00. The fourth-order valence-corrected chi connectivity index (χ4v) is 7.99. The van der Waals surface area contributed by atoms with Gasteiger partial charge in [0, 0.05) is 73.0 Å². The van der Waals surface area contributed by atoms with Crippen LogP contribution in [0, 0.1) is 0 Å². The van der Waals surface area contributed by atoms with Crippen molar-refractivity contribution in [2.75, 3.05) is 26.2 Å². The molecule has 5 rings (SSSR count). The van der Waals surface area contributed by atoms with Crippen LogP contribution in [0.25, 0.3) is 0 Å². The number of fused-ring (bicyclic) bond motifs is 5. The summed E-state index contributed by atoms with van der Waals surface area (Å²) in [6.45, 7) is 27.2. The summed E-state index contributed by atoms with van der Waals surface area (Å²) in [5.41, 5.74) is 0.818. The molecule has 4 unspecified atom stereocenters. The van der Waals surface area contributed by atoms with E-state index in [9.17, 15) is 0 Å². The minimum Gasteiger partial charge on any atom is -0.298 e. The minimum atomic E-state index is 0.255. The predicted octanol–water partition coefficient (Wildman–Crippen LogP) is 4.44. The van der Waals surface area contributed by atoms with Crippen molar-refractivity contribution in [1.82, 2.24) is 19.6 Å².